The number of carbonyl (C=O) groups is 1. The van der Waals surface area contributed by atoms with Crippen LogP contribution in [0.2, 0.25) is 5.15 Å². The third kappa shape index (κ3) is 2.86. The van der Waals surface area contributed by atoms with E-state index in [0.717, 1.165) is 0 Å². The third-order valence-corrected chi connectivity index (χ3v) is 3.14. The molecular formula is C12H7BrClFN2O. The number of benzene rings is 1. The second-order valence-electron chi connectivity index (χ2n) is 3.42. The first-order valence-electron chi connectivity index (χ1n) is 4.95. The van der Waals surface area contributed by atoms with Crippen molar-refractivity contribution < 1.29 is 9.18 Å². The summed E-state index contributed by atoms with van der Waals surface area (Å²) in [5.41, 5.74) is 0.719. The van der Waals surface area contributed by atoms with Gasteiger partial charge >= 0.3 is 0 Å². The maximum atomic E-state index is 12.9. The monoisotopic (exact) mass is 328 g/mol. The minimum Gasteiger partial charge on any atom is -0.321 e. The summed E-state index contributed by atoms with van der Waals surface area (Å²) in [6.45, 7) is 0. The fourth-order valence-corrected chi connectivity index (χ4v) is 1.99. The van der Waals surface area contributed by atoms with E-state index in [0.29, 0.717) is 10.2 Å². The van der Waals surface area contributed by atoms with Crippen LogP contribution in [0.15, 0.2) is 41.0 Å². The smallest absolute Gasteiger partial charge is 0.258 e. The molecule has 0 fully saturated rings. The Morgan fingerprint density at radius 1 is 1.39 bits per heavy atom. The van der Waals surface area contributed by atoms with Crippen molar-refractivity contribution in [1.82, 2.24) is 4.98 Å². The van der Waals surface area contributed by atoms with Crippen molar-refractivity contribution >= 4 is 39.1 Å². The summed E-state index contributed by atoms with van der Waals surface area (Å²) in [7, 11) is 0. The Bertz CT molecular complexity index is 606. The number of anilines is 1. The molecule has 0 unspecified atom stereocenters. The number of amides is 1. The highest BCUT2D eigenvalue weighted by Crippen LogP contribution is 2.24. The average molecular weight is 330 g/mol. The lowest BCUT2D eigenvalue weighted by Crippen LogP contribution is -2.13. The number of rotatable bonds is 2. The zero-order valence-electron chi connectivity index (χ0n) is 8.95. The zero-order valence-corrected chi connectivity index (χ0v) is 11.3. The Morgan fingerprint density at radius 3 is 2.83 bits per heavy atom. The van der Waals surface area contributed by atoms with Crippen LogP contribution < -0.4 is 5.32 Å². The van der Waals surface area contributed by atoms with Gasteiger partial charge < -0.3 is 5.32 Å². The lowest BCUT2D eigenvalue weighted by atomic mass is 10.2. The largest absolute Gasteiger partial charge is 0.321 e. The molecule has 0 aliphatic rings. The Labute approximate surface area is 116 Å². The second-order valence-corrected chi connectivity index (χ2v) is 4.63. The van der Waals surface area contributed by atoms with Crippen molar-refractivity contribution in [3.05, 3.63) is 57.5 Å². The Morgan fingerprint density at radius 2 is 2.17 bits per heavy atom. The number of carbonyl (C=O) groups excluding carboxylic acids is 1. The number of hydrogen-bond donors (Lipinski definition) is 1. The molecule has 0 atom stereocenters. The molecule has 1 N–H and O–H groups in total. The number of nitrogens with zero attached hydrogens (tertiary/aromatic N) is 1. The highest BCUT2D eigenvalue weighted by molar-refractivity contribution is 9.10. The molecule has 0 spiro atoms. The van der Waals surface area contributed by atoms with Gasteiger partial charge in [0, 0.05) is 10.7 Å². The second kappa shape index (κ2) is 5.46. The molecule has 1 aromatic heterocycles. The molecule has 1 heterocycles. The standard InChI is InChI=1S/C12H7BrClFN2O/c13-9-6-7(15)3-4-10(9)17-12(18)8-2-1-5-16-11(8)14/h1-6H,(H,17,18). The number of nitrogens with one attached hydrogen (secondary N) is 1. The summed E-state index contributed by atoms with van der Waals surface area (Å²) in [6.07, 6.45) is 1.49. The molecular weight excluding hydrogens is 322 g/mol. The van der Waals surface area contributed by atoms with Gasteiger partial charge in [0.05, 0.1) is 11.3 Å². The first-order chi connectivity index (χ1) is 8.58. The lowest BCUT2D eigenvalue weighted by molar-refractivity contribution is 0.102. The molecule has 0 bridgehead atoms. The van der Waals surface area contributed by atoms with E-state index in [-0.39, 0.29) is 16.5 Å². The number of halogens is 3. The molecule has 2 aromatic rings. The molecule has 0 radical (unpaired) electrons. The van der Waals surface area contributed by atoms with Crippen LogP contribution in [0.3, 0.4) is 0 Å². The van der Waals surface area contributed by atoms with Gasteiger partial charge in [-0.25, -0.2) is 9.37 Å². The van der Waals surface area contributed by atoms with E-state index in [9.17, 15) is 9.18 Å². The molecule has 0 saturated heterocycles. The van der Waals surface area contributed by atoms with Crippen molar-refractivity contribution in [2.45, 2.75) is 0 Å². The van der Waals surface area contributed by atoms with Crippen LogP contribution in [0.5, 0.6) is 0 Å². The van der Waals surface area contributed by atoms with E-state index in [1.807, 2.05) is 0 Å². The predicted molar refractivity (Wildman–Crippen MR) is 71.3 cm³/mol. The van der Waals surface area contributed by atoms with Crippen LogP contribution in [0, 0.1) is 5.82 Å². The van der Waals surface area contributed by atoms with Crippen molar-refractivity contribution in [3.8, 4) is 0 Å². The molecule has 1 amide bonds. The summed E-state index contributed by atoms with van der Waals surface area (Å²) in [5, 5.41) is 2.74. The first-order valence-corrected chi connectivity index (χ1v) is 6.12. The topological polar surface area (TPSA) is 42.0 Å². The van der Waals surface area contributed by atoms with Gasteiger partial charge in [-0.15, -0.1) is 0 Å². The molecule has 6 heteroatoms. The quantitative estimate of drug-likeness (QED) is 0.849. The van der Waals surface area contributed by atoms with E-state index in [4.69, 9.17) is 11.6 Å². The summed E-state index contributed by atoms with van der Waals surface area (Å²) in [6, 6.07) is 7.15. The van der Waals surface area contributed by atoms with E-state index in [2.05, 4.69) is 26.2 Å². The van der Waals surface area contributed by atoms with Crippen LogP contribution in [-0.4, -0.2) is 10.9 Å². The molecule has 0 aliphatic heterocycles. The number of hydrogen-bond acceptors (Lipinski definition) is 2. The lowest BCUT2D eigenvalue weighted by Gasteiger charge is -2.08. The van der Waals surface area contributed by atoms with Gasteiger partial charge in [-0.3, -0.25) is 4.79 Å². The van der Waals surface area contributed by atoms with Gasteiger partial charge in [0.25, 0.3) is 5.91 Å². The summed E-state index contributed by atoms with van der Waals surface area (Å²) < 4.78 is 13.4. The van der Waals surface area contributed by atoms with Gasteiger partial charge in [-0.2, -0.15) is 0 Å². The van der Waals surface area contributed by atoms with Crippen LogP contribution in [-0.2, 0) is 0 Å². The molecule has 1 aromatic carbocycles. The highest BCUT2D eigenvalue weighted by atomic mass is 79.9. The fourth-order valence-electron chi connectivity index (χ4n) is 1.34. The van der Waals surface area contributed by atoms with E-state index >= 15 is 0 Å². The van der Waals surface area contributed by atoms with Crippen molar-refractivity contribution in [2.24, 2.45) is 0 Å². The van der Waals surface area contributed by atoms with E-state index in [1.54, 1.807) is 12.1 Å². The summed E-state index contributed by atoms with van der Waals surface area (Å²) >= 11 is 8.97. The van der Waals surface area contributed by atoms with Crippen LogP contribution in [0.1, 0.15) is 10.4 Å². The number of aromatic nitrogens is 1. The zero-order chi connectivity index (χ0) is 13.1. The minimum atomic E-state index is -0.402. The van der Waals surface area contributed by atoms with E-state index in [1.165, 1.54) is 24.4 Å². The van der Waals surface area contributed by atoms with Crippen LogP contribution in [0.4, 0.5) is 10.1 Å². The molecule has 18 heavy (non-hydrogen) atoms. The average Bonchev–Trinajstić information content (AvgIpc) is 2.33. The van der Waals surface area contributed by atoms with Crippen molar-refractivity contribution in [3.63, 3.8) is 0 Å². The van der Waals surface area contributed by atoms with Gasteiger partial charge in [0.15, 0.2) is 0 Å². The molecule has 3 nitrogen and oxygen atoms in total. The summed E-state index contributed by atoms with van der Waals surface area (Å²) in [4.78, 5) is 15.7. The number of pyridine rings is 1. The van der Waals surface area contributed by atoms with Gasteiger partial charge in [0.1, 0.15) is 11.0 Å². The molecule has 92 valence electrons. The predicted octanol–water partition coefficient (Wildman–Crippen LogP) is 3.89. The Kier molecular flexibility index (Phi) is 3.93. The normalized spacial score (nSPS) is 10.2. The van der Waals surface area contributed by atoms with Crippen LogP contribution in [0.25, 0.3) is 0 Å². The fraction of sp³-hybridized carbons (Fsp3) is 0. The third-order valence-electron chi connectivity index (χ3n) is 2.18. The SMILES string of the molecule is O=C(Nc1ccc(F)cc1Br)c1cccnc1Cl. The highest BCUT2D eigenvalue weighted by Gasteiger charge is 2.12. The summed E-state index contributed by atoms with van der Waals surface area (Å²) in [5.74, 6) is -0.792. The van der Waals surface area contributed by atoms with E-state index < -0.39 is 5.91 Å². The Hall–Kier alpha value is -1.46. The molecule has 0 aliphatic carbocycles. The Balaban J connectivity index is 2.24. The minimum absolute atomic E-state index is 0.119. The first kappa shape index (κ1) is 13.0. The molecule has 0 saturated carbocycles. The maximum absolute atomic E-state index is 12.9. The van der Waals surface area contributed by atoms with Crippen LogP contribution >= 0.6 is 27.5 Å². The van der Waals surface area contributed by atoms with Gasteiger partial charge in [-0.05, 0) is 46.3 Å². The molecule has 2 rings (SSSR count). The van der Waals surface area contributed by atoms with Crippen molar-refractivity contribution in [2.75, 3.05) is 5.32 Å². The van der Waals surface area contributed by atoms with Crippen molar-refractivity contribution in [1.29, 1.82) is 0 Å². The maximum Gasteiger partial charge on any atom is 0.258 e. The van der Waals surface area contributed by atoms with Gasteiger partial charge in [0.2, 0.25) is 0 Å². The van der Waals surface area contributed by atoms with Gasteiger partial charge in [-0.1, -0.05) is 11.6 Å².